The molecule has 0 N–H and O–H groups in total. The number of rotatable bonds is 5. The predicted molar refractivity (Wildman–Crippen MR) is 122 cm³/mol. The zero-order valence-corrected chi connectivity index (χ0v) is 18.1. The first-order valence-corrected chi connectivity index (χ1v) is 10.8. The molecule has 0 aliphatic carbocycles. The normalized spacial score (nSPS) is 14.2. The third-order valence-electron chi connectivity index (χ3n) is 5.83. The van der Waals surface area contributed by atoms with Crippen molar-refractivity contribution in [3.63, 3.8) is 0 Å². The van der Waals surface area contributed by atoms with Crippen LogP contribution in [0.25, 0.3) is 11.2 Å². The maximum Gasteiger partial charge on any atom is 0.227 e. The van der Waals surface area contributed by atoms with Gasteiger partial charge in [-0.25, -0.2) is 14.6 Å². The van der Waals surface area contributed by atoms with E-state index in [1.54, 1.807) is 11.0 Å². The molecule has 5 rings (SSSR count). The van der Waals surface area contributed by atoms with Crippen LogP contribution < -0.4 is 4.90 Å². The van der Waals surface area contributed by atoms with Crippen molar-refractivity contribution >= 4 is 22.9 Å². The molecule has 1 saturated heterocycles. The zero-order chi connectivity index (χ0) is 21.9. The van der Waals surface area contributed by atoms with E-state index in [0.717, 1.165) is 22.6 Å². The Bertz CT molecular complexity index is 1230. The van der Waals surface area contributed by atoms with Gasteiger partial charge in [-0.2, -0.15) is 0 Å². The average molecular weight is 428 g/mol. The maximum atomic E-state index is 12.8. The van der Waals surface area contributed by atoms with Crippen LogP contribution in [-0.4, -0.2) is 61.9 Å². The lowest BCUT2D eigenvalue weighted by molar-refractivity contribution is -0.130. The average Bonchev–Trinajstić information content (AvgIpc) is 3.23. The SMILES string of the molecule is Cc1cccc(CC(=O)N2CCN(c3ncnc4c3nnn4Cc3ccccc3)CC2)c1. The number of anilines is 1. The van der Waals surface area contributed by atoms with Crippen molar-refractivity contribution in [3.8, 4) is 0 Å². The number of hydrogen-bond acceptors (Lipinski definition) is 6. The van der Waals surface area contributed by atoms with Gasteiger partial charge < -0.3 is 9.80 Å². The minimum absolute atomic E-state index is 0.164. The maximum absolute atomic E-state index is 12.8. The summed E-state index contributed by atoms with van der Waals surface area (Å²) in [6.45, 7) is 5.39. The molecule has 1 aliphatic rings. The number of piperazine rings is 1. The van der Waals surface area contributed by atoms with Crippen LogP contribution in [0.4, 0.5) is 5.82 Å². The summed E-state index contributed by atoms with van der Waals surface area (Å²) in [5.41, 5.74) is 4.79. The molecular formula is C24H25N7O. The minimum atomic E-state index is 0.164. The molecule has 2 aromatic carbocycles. The van der Waals surface area contributed by atoms with Crippen LogP contribution in [-0.2, 0) is 17.8 Å². The number of amides is 1. The molecule has 162 valence electrons. The second-order valence-corrected chi connectivity index (χ2v) is 8.14. The highest BCUT2D eigenvalue weighted by Crippen LogP contribution is 2.22. The monoisotopic (exact) mass is 427 g/mol. The van der Waals surface area contributed by atoms with Crippen molar-refractivity contribution in [3.05, 3.63) is 77.6 Å². The van der Waals surface area contributed by atoms with Gasteiger partial charge in [0.25, 0.3) is 0 Å². The summed E-state index contributed by atoms with van der Waals surface area (Å²) >= 11 is 0. The third-order valence-corrected chi connectivity index (χ3v) is 5.83. The van der Waals surface area contributed by atoms with Gasteiger partial charge in [-0.05, 0) is 18.1 Å². The molecule has 32 heavy (non-hydrogen) atoms. The molecule has 0 saturated carbocycles. The van der Waals surface area contributed by atoms with Crippen molar-refractivity contribution in [1.29, 1.82) is 0 Å². The molecule has 2 aromatic heterocycles. The Hall–Kier alpha value is -3.81. The highest BCUT2D eigenvalue weighted by molar-refractivity contribution is 5.83. The second kappa shape index (κ2) is 8.74. The third kappa shape index (κ3) is 4.16. The van der Waals surface area contributed by atoms with Crippen LogP contribution in [0.1, 0.15) is 16.7 Å². The fourth-order valence-corrected chi connectivity index (χ4v) is 4.15. The van der Waals surface area contributed by atoms with E-state index in [-0.39, 0.29) is 5.91 Å². The number of carbonyl (C=O) groups is 1. The molecule has 8 heteroatoms. The first-order valence-electron chi connectivity index (χ1n) is 10.8. The van der Waals surface area contributed by atoms with Crippen molar-refractivity contribution in [2.24, 2.45) is 0 Å². The van der Waals surface area contributed by atoms with Crippen LogP contribution in [0.3, 0.4) is 0 Å². The Morgan fingerprint density at radius 2 is 1.72 bits per heavy atom. The molecule has 1 fully saturated rings. The number of nitrogens with zero attached hydrogens (tertiary/aromatic N) is 7. The number of fused-ring (bicyclic) bond motifs is 1. The van der Waals surface area contributed by atoms with Crippen LogP contribution in [0.2, 0.25) is 0 Å². The molecule has 3 heterocycles. The van der Waals surface area contributed by atoms with Crippen molar-refractivity contribution in [2.45, 2.75) is 19.9 Å². The van der Waals surface area contributed by atoms with Gasteiger partial charge in [-0.3, -0.25) is 4.79 Å². The molecule has 0 radical (unpaired) electrons. The largest absolute Gasteiger partial charge is 0.351 e. The molecular weight excluding hydrogens is 402 g/mol. The Labute approximate surface area is 186 Å². The smallest absolute Gasteiger partial charge is 0.227 e. The molecule has 0 unspecified atom stereocenters. The fourth-order valence-electron chi connectivity index (χ4n) is 4.15. The lowest BCUT2D eigenvalue weighted by Crippen LogP contribution is -2.49. The highest BCUT2D eigenvalue weighted by Gasteiger charge is 2.24. The molecule has 0 atom stereocenters. The van der Waals surface area contributed by atoms with Gasteiger partial charge >= 0.3 is 0 Å². The summed E-state index contributed by atoms with van der Waals surface area (Å²) in [7, 11) is 0. The Morgan fingerprint density at radius 1 is 0.938 bits per heavy atom. The topological polar surface area (TPSA) is 80.0 Å². The van der Waals surface area contributed by atoms with Crippen LogP contribution in [0.5, 0.6) is 0 Å². The quantitative estimate of drug-likeness (QED) is 0.487. The molecule has 4 aromatic rings. The van der Waals surface area contributed by atoms with Crippen LogP contribution >= 0.6 is 0 Å². The van der Waals surface area contributed by atoms with Gasteiger partial charge in [0.1, 0.15) is 6.33 Å². The standard InChI is InChI=1S/C24H25N7O/c1-18-6-5-9-20(14-18)15-21(32)29-10-12-30(13-11-29)23-22-24(26-17-25-23)31(28-27-22)16-19-7-3-2-4-8-19/h2-9,14,17H,10-13,15-16H2,1H3. The lowest BCUT2D eigenvalue weighted by Gasteiger charge is -2.35. The van der Waals surface area contributed by atoms with Gasteiger partial charge in [0.15, 0.2) is 17.0 Å². The van der Waals surface area contributed by atoms with E-state index < -0.39 is 0 Å². The predicted octanol–water partition coefficient (Wildman–Crippen LogP) is 2.47. The van der Waals surface area contributed by atoms with Crippen LogP contribution in [0, 0.1) is 6.92 Å². The second-order valence-electron chi connectivity index (χ2n) is 8.14. The van der Waals surface area contributed by atoms with Gasteiger partial charge in [-0.15, -0.1) is 5.10 Å². The van der Waals surface area contributed by atoms with E-state index >= 15 is 0 Å². The highest BCUT2D eigenvalue weighted by atomic mass is 16.2. The minimum Gasteiger partial charge on any atom is -0.351 e. The van der Waals surface area contributed by atoms with Gasteiger partial charge in [0, 0.05) is 26.2 Å². The summed E-state index contributed by atoms with van der Waals surface area (Å²) in [5.74, 6) is 0.942. The molecule has 0 bridgehead atoms. The lowest BCUT2D eigenvalue weighted by atomic mass is 10.1. The number of hydrogen-bond donors (Lipinski definition) is 0. The molecule has 1 amide bonds. The first kappa shape index (κ1) is 20.1. The van der Waals surface area contributed by atoms with E-state index in [2.05, 4.69) is 43.4 Å². The fraction of sp³-hybridized carbons (Fsp3) is 0.292. The summed E-state index contributed by atoms with van der Waals surface area (Å²) in [5, 5.41) is 8.69. The molecule has 1 aliphatic heterocycles. The van der Waals surface area contributed by atoms with Gasteiger partial charge in [0.05, 0.1) is 13.0 Å². The number of benzene rings is 2. The Morgan fingerprint density at radius 3 is 2.50 bits per heavy atom. The number of aromatic nitrogens is 5. The number of aryl methyl sites for hydroxylation is 1. The molecule has 0 spiro atoms. The first-order chi connectivity index (χ1) is 15.7. The molecule has 8 nitrogen and oxygen atoms in total. The summed E-state index contributed by atoms with van der Waals surface area (Å²) in [6, 6.07) is 18.3. The summed E-state index contributed by atoms with van der Waals surface area (Å²) in [4.78, 5) is 25.8. The van der Waals surface area contributed by atoms with Crippen molar-refractivity contribution in [2.75, 3.05) is 31.1 Å². The van der Waals surface area contributed by atoms with E-state index in [0.29, 0.717) is 44.7 Å². The summed E-state index contributed by atoms with van der Waals surface area (Å²) in [6.07, 6.45) is 2.00. The van der Waals surface area contributed by atoms with Crippen molar-refractivity contribution in [1.82, 2.24) is 29.9 Å². The van der Waals surface area contributed by atoms with Crippen LogP contribution in [0.15, 0.2) is 60.9 Å². The van der Waals surface area contributed by atoms with E-state index in [9.17, 15) is 4.79 Å². The summed E-state index contributed by atoms with van der Waals surface area (Å²) < 4.78 is 1.80. The van der Waals surface area contributed by atoms with E-state index in [4.69, 9.17) is 0 Å². The van der Waals surface area contributed by atoms with E-state index in [1.807, 2.05) is 48.2 Å². The van der Waals surface area contributed by atoms with Gasteiger partial charge in [-0.1, -0.05) is 65.4 Å². The zero-order valence-electron chi connectivity index (χ0n) is 18.1. The number of carbonyl (C=O) groups excluding carboxylic acids is 1. The van der Waals surface area contributed by atoms with E-state index in [1.165, 1.54) is 5.56 Å². The van der Waals surface area contributed by atoms with Crippen molar-refractivity contribution < 1.29 is 4.79 Å². The Kier molecular flexibility index (Phi) is 5.49. The Balaban J connectivity index is 1.27. The van der Waals surface area contributed by atoms with Gasteiger partial charge in [0.2, 0.25) is 5.91 Å².